The van der Waals surface area contributed by atoms with Gasteiger partial charge in [0, 0.05) is 23.6 Å². The van der Waals surface area contributed by atoms with Crippen molar-refractivity contribution < 1.29 is 4.74 Å². The minimum Gasteiger partial charge on any atom is -0.477 e. The van der Waals surface area contributed by atoms with Gasteiger partial charge in [0.2, 0.25) is 11.2 Å². The topological polar surface area (TPSA) is 47.9 Å². The first-order valence-corrected chi connectivity index (χ1v) is 6.02. The Balaban J connectivity index is 1.87. The van der Waals surface area contributed by atoms with Gasteiger partial charge in [-0.25, -0.2) is 9.97 Å². The highest BCUT2D eigenvalue weighted by molar-refractivity contribution is 7.09. The number of ether oxygens (including phenoxy) is 1. The van der Waals surface area contributed by atoms with Gasteiger partial charge in [-0.3, -0.25) is 0 Å². The Morgan fingerprint density at radius 3 is 3.00 bits per heavy atom. The maximum Gasteiger partial charge on any atom is 0.225 e. The van der Waals surface area contributed by atoms with Gasteiger partial charge in [0.05, 0.1) is 17.8 Å². The number of halogens is 1. The predicted molar refractivity (Wildman–Crippen MR) is 63.1 cm³/mol. The molecule has 2 aromatic rings. The molecule has 0 saturated carbocycles. The molecule has 0 aliphatic rings. The molecule has 6 heteroatoms. The molecular formula is C10H10ClN3OS. The van der Waals surface area contributed by atoms with Crippen LogP contribution < -0.4 is 4.74 Å². The third-order valence-corrected chi connectivity index (χ3v) is 3.20. The summed E-state index contributed by atoms with van der Waals surface area (Å²) >= 11 is 7.28. The lowest BCUT2D eigenvalue weighted by Gasteiger charge is -2.03. The van der Waals surface area contributed by atoms with Crippen LogP contribution >= 0.6 is 22.9 Å². The van der Waals surface area contributed by atoms with E-state index in [1.165, 1.54) is 4.88 Å². The van der Waals surface area contributed by atoms with Crippen molar-refractivity contribution in [1.82, 2.24) is 15.0 Å². The Morgan fingerprint density at radius 2 is 2.31 bits per heavy atom. The van der Waals surface area contributed by atoms with Crippen molar-refractivity contribution in [3.63, 3.8) is 0 Å². The van der Waals surface area contributed by atoms with E-state index in [-0.39, 0.29) is 5.28 Å². The highest BCUT2D eigenvalue weighted by Gasteiger charge is 2.02. The van der Waals surface area contributed by atoms with Gasteiger partial charge in [-0.15, -0.1) is 11.3 Å². The number of aryl methyl sites for hydroxylation is 1. The molecule has 0 unspecified atom stereocenters. The number of hydrogen-bond acceptors (Lipinski definition) is 5. The van der Waals surface area contributed by atoms with Crippen molar-refractivity contribution in [2.24, 2.45) is 0 Å². The van der Waals surface area contributed by atoms with E-state index >= 15 is 0 Å². The summed E-state index contributed by atoms with van der Waals surface area (Å²) in [5.41, 5.74) is 2.90. The Bertz CT molecular complexity index is 475. The molecule has 0 aliphatic heterocycles. The molecule has 0 fully saturated rings. The number of thiazole rings is 1. The van der Waals surface area contributed by atoms with E-state index in [4.69, 9.17) is 16.3 Å². The molecule has 0 aliphatic carbocycles. The highest BCUT2D eigenvalue weighted by atomic mass is 35.5. The molecule has 84 valence electrons. The van der Waals surface area contributed by atoms with Gasteiger partial charge in [-0.1, -0.05) is 0 Å². The molecular weight excluding hydrogens is 246 g/mol. The number of hydrogen-bond donors (Lipinski definition) is 0. The van der Waals surface area contributed by atoms with E-state index in [1.54, 1.807) is 23.6 Å². The van der Waals surface area contributed by atoms with Crippen LogP contribution in [0.3, 0.4) is 0 Å². The molecule has 2 rings (SSSR count). The van der Waals surface area contributed by atoms with Gasteiger partial charge >= 0.3 is 0 Å². The number of nitrogens with zero attached hydrogens (tertiary/aromatic N) is 3. The summed E-state index contributed by atoms with van der Waals surface area (Å²) in [6.45, 7) is 2.56. The lowest BCUT2D eigenvalue weighted by Crippen LogP contribution is -2.02. The summed E-state index contributed by atoms with van der Waals surface area (Å²) in [5, 5.41) is 0.200. The van der Waals surface area contributed by atoms with Gasteiger partial charge in [-0.05, 0) is 18.5 Å². The van der Waals surface area contributed by atoms with Crippen LogP contribution in [0.4, 0.5) is 0 Å². The number of aromatic nitrogens is 3. The van der Waals surface area contributed by atoms with E-state index in [0.29, 0.717) is 12.5 Å². The molecule has 2 heterocycles. The molecule has 0 N–H and O–H groups in total. The first-order valence-electron chi connectivity index (χ1n) is 4.76. The molecule has 0 bridgehead atoms. The Labute approximate surface area is 102 Å². The van der Waals surface area contributed by atoms with E-state index in [2.05, 4.69) is 15.0 Å². The molecule has 0 radical (unpaired) electrons. The van der Waals surface area contributed by atoms with Crippen molar-refractivity contribution in [2.45, 2.75) is 13.3 Å². The third-order valence-electron chi connectivity index (χ3n) is 2.02. The third kappa shape index (κ3) is 2.90. The second-order valence-electron chi connectivity index (χ2n) is 3.12. The van der Waals surface area contributed by atoms with E-state index in [1.807, 2.05) is 12.4 Å². The molecule has 0 spiro atoms. The molecule has 0 aromatic carbocycles. The van der Waals surface area contributed by atoms with E-state index < -0.39 is 0 Å². The molecule has 0 amide bonds. The first kappa shape index (κ1) is 11.3. The average Bonchev–Trinajstić information content (AvgIpc) is 2.65. The predicted octanol–water partition coefficient (Wildman–Crippen LogP) is 2.52. The van der Waals surface area contributed by atoms with Gasteiger partial charge in [0.25, 0.3) is 0 Å². The lowest BCUT2D eigenvalue weighted by atomic mass is 10.3. The maximum absolute atomic E-state index is 5.64. The Hall–Kier alpha value is -1.20. The highest BCUT2D eigenvalue weighted by Crippen LogP contribution is 2.14. The zero-order valence-corrected chi connectivity index (χ0v) is 10.3. The van der Waals surface area contributed by atoms with Crippen LogP contribution in [0.15, 0.2) is 17.8 Å². The van der Waals surface area contributed by atoms with Crippen LogP contribution in [0.5, 0.6) is 5.88 Å². The Morgan fingerprint density at radius 1 is 1.44 bits per heavy atom. The summed E-state index contributed by atoms with van der Waals surface area (Å²) in [4.78, 5) is 13.1. The zero-order valence-electron chi connectivity index (χ0n) is 8.68. The van der Waals surface area contributed by atoms with Crippen LogP contribution in [0.1, 0.15) is 10.6 Å². The molecule has 4 nitrogen and oxygen atoms in total. The van der Waals surface area contributed by atoms with Crippen LogP contribution in [0.2, 0.25) is 5.28 Å². The second-order valence-corrected chi connectivity index (χ2v) is 4.40. The summed E-state index contributed by atoms with van der Waals surface area (Å²) in [6.07, 6.45) is 2.40. The molecule has 2 aromatic heterocycles. The molecule has 16 heavy (non-hydrogen) atoms. The number of rotatable bonds is 4. The van der Waals surface area contributed by atoms with Crippen LogP contribution in [0.25, 0.3) is 0 Å². The van der Waals surface area contributed by atoms with Crippen LogP contribution in [-0.4, -0.2) is 21.6 Å². The van der Waals surface area contributed by atoms with E-state index in [9.17, 15) is 0 Å². The summed E-state index contributed by atoms with van der Waals surface area (Å²) in [5.74, 6) is 0.502. The Kier molecular flexibility index (Phi) is 3.69. The molecule has 0 atom stereocenters. The van der Waals surface area contributed by atoms with Gasteiger partial charge in [-0.2, -0.15) is 4.98 Å². The monoisotopic (exact) mass is 255 g/mol. The van der Waals surface area contributed by atoms with Crippen LogP contribution in [0, 0.1) is 6.92 Å². The minimum atomic E-state index is 0.200. The van der Waals surface area contributed by atoms with E-state index in [0.717, 1.165) is 12.1 Å². The second kappa shape index (κ2) is 5.23. The standard InChI is InChI=1S/C10H10ClN3OS/c1-7-8(16-6-13-7)3-5-15-9-2-4-12-10(11)14-9/h2,4,6H,3,5H2,1H3. The summed E-state index contributed by atoms with van der Waals surface area (Å²) < 4.78 is 5.46. The molecule has 0 saturated heterocycles. The quantitative estimate of drug-likeness (QED) is 0.788. The van der Waals surface area contributed by atoms with Crippen molar-refractivity contribution in [1.29, 1.82) is 0 Å². The largest absolute Gasteiger partial charge is 0.477 e. The first-order chi connectivity index (χ1) is 7.75. The van der Waals surface area contributed by atoms with Gasteiger partial charge in [0.15, 0.2) is 0 Å². The fourth-order valence-electron chi connectivity index (χ4n) is 1.21. The fourth-order valence-corrected chi connectivity index (χ4v) is 2.12. The zero-order chi connectivity index (χ0) is 11.4. The summed E-state index contributed by atoms with van der Waals surface area (Å²) in [7, 11) is 0. The maximum atomic E-state index is 5.64. The average molecular weight is 256 g/mol. The normalized spacial score (nSPS) is 10.4. The van der Waals surface area contributed by atoms with Crippen molar-refractivity contribution in [3.8, 4) is 5.88 Å². The van der Waals surface area contributed by atoms with Crippen molar-refractivity contribution in [3.05, 3.63) is 33.6 Å². The van der Waals surface area contributed by atoms with Crippen LogP contribution in [-0.2, 0) is 6.42 Å². The fraction of sp³-hybridized carbons (Fsp3) is 0.300. The van der Waals surface area contributed by atoms with Gasteiger partial charge < -0.3 is 4.74 Å². The minimum absolute atomic E-state index is 0.200. The smallest absolute Gasteiger partial charge is 0.225 e. The lowest BCUT2D eigenvalue weighted by molar-refractivity contribution is 0.309. The SMILES string of the molecule is Cc1ncsc1CCOc1ccnc(Cl)n1. The van der Waals surface area contributed by atoms with Gasteiger partial charge in [0.1, 0.15) is 0 Å². The summed E-state index contributed by atoms with van der Waals surface area (Å²) in [6, 6.07) is 1.69. The van der Waals surface area contributed by atoms with Crippen molar-refractivity contribution >= 4 is 22.9 Å². The van der Waals surface area contributed by atoms with Crippen molar-refractivity contribution in [2.75, 3.05) is 6.61 Å².